The van der Waals surface area contributed by atoms with E-state index in [1.54, 1.807) is 0 Å². The molecule has 1 rings (SSSR count). The molecule has 1 heterocycles. The Morgan fingerprint density at radius 3 is 2.94 bits per heavy atom. The fourth-order valence-electron chi connectivity index (χ4n) is 2.14. The number of hydrogen-bond acceptors (Lipinski definition) is 3. The van der Waals surface area contributed by atoms with Crippen LogP contribution in [-0.2, 0) is 0 Å². The summed E-state index contributed by atoms with van der Waals surface area (Å²) in [7, 11) is 0. The topological polar surface area (TPSA) is 41.6 Å². The van der Waals surface area contributed by atoms with E-state index in [2.05, 4.69) is 29.0 Å². The van der Waals surface area contributed by atoms with Crippen molar-refractivity contribution in [1.29, 1.82) is 0 Å². The molecule has 3 heteroatoms. The number of nitrogens with two attached hydrogens (primary N) is 1. The number of unbranched alkanes of at least 4 members (excludes halogenated alkanes) is 3. The Bertz CT molecular complexity index is 236. The van der Waals surface area contributed by atoms with Crippen molar-refractivity contribution in [3.63, 3.8) is 0 Å². The normalized spacial score (nSPS) is 20.7. The summed E-state index contributed by atoms with van der Waals surface area (Å²) in [6.45, 7) is 4.91. The summed E-state index contributed by atoms with van der Waals surface area (Å²) in [6.07, 6.45) is 14.5. The lowest BCUT2D eigenvalue weighted by Crippen LogP contribution is -2.34. The molecule has 17 heavy (non-hydrogen) atoms. The lowest BCUT2D eigenvalue weighted by atomic mass is 10.1. The van der Waals surface area contributed by atoms with Gasteiger partial charge in [-0.15, -0.1) is 0 Å². The zero-order valence-electron chi connectivity index (χ0n) is 11.1. The Morgan fingerprint density at radius 1 is 1.35 bits per heavy atom. The Kier molecular flexibility index (Phi) is 7.93. The lowest BCUT2D eigenvalue weighted by Gasteiger charge is -2.21. The van der Waals surface area contributed by atoms with Gasteiger partial charge in [0.15, 0.2) is 0 Å². The van der Waals surface area contributed by atoms with Crippen molar-refractivity contribution in [3.8, 4) is 0 Å². The van der Waals surface area contributed by atoms with Crippen molar-refractivity contribution in [2.24, 2.45) is 10.7 Å². The van der Waals surface area contributed by atoms with Crippen LogP contribution in [0.25, 0.3) is 0 Å². The number of rotatable bonds is 9. The lowest BCUT2D eigenvalue weighted by molar-refractivity contribution is 0.242. The fraction of sp³-hybridized carbons (Fsp3) is 0.786. The highest BCUT2D eigenvalue weighted by Gasteiger charge is 2.18. The molecule has 1 aliphatic rings. The van der Waals surface area contributed by atoms with E-state index in [1.165, 1.54) is 38.5 Å². The van der Waals surface area contributed by atoms with E-state index in [0.29, 0.717) is 6.17 Å². The van der Waals surface area contributed by atoms with Crippen LogP contribution in [0.1, 0.15) is 45.4 Å². The summed E-state index contributed by atoms with van der Waals surface area (Å²) < 4.78 is 0. The van der Waals surface area contributed by atoms with Gasteiger partial charge in [-0.1, -0.05) is 25.5 Å². The molecule has 0 radical (unpaired) electrons. The molecule has 0 saturated carbocycles. The Morgan fingerprint density at radius 2 is 2.18 bits per heavy atom. The van der Waals surface area contributed by atoms with Gasteiger partial charge in [0, 0.05) is 25.8 Å². The van der Waals surface area contributed by atoms with E-state index in [1.807, 2.05) is 6.21 Å². The van der Waals surface area contributed by atoms with Crippen LogP contribution < -0.4 is 5.73 Å². The zero-order chi connectivity index (χ0) is 12.3. The minimum atomic E-state index is 0.401. The molecule has 1 atom stereocenters. The second-order valence-electron chi connectivity index (χ2n) is 4.64. The van der Waals surface area contributed by atoms with E-state index in [9.17, 15) is 0 Å². The van der Waals surface area contributed by atoms with Crippen LogP contribution in [0.2, 0.25) is 0 Å². The van der Waals surface area contributed by atoms with E-state index in [4.69, 9.17) is 5.73 Å². The SMILES string of the molecule is CCC/C=C/CCCCC1N=CCN1CCN. The fourth-order valence-corrected chi connectivity index (χ4v) is 2.14. The van der Waals surface area contributed by atoms with Gasteiger partial charge in [0.25, 0.3) is 0 Å². The van der Waals surface area contributed by atoms with E-state index < -0.39 is 0 Å². The maximum Gasteiger partial charge on any atom is 0.102 e. The Hall–Kier alpha value is -0.670. The summed E-state index contributed by atoms with van der Waals surface area (Å²) >= 11 is 0. The van der Waals surface area contributed by atoms with Crippen LogP contribution in [0.5, 0.6) is 0 Å². The minimum Gasteiger partial charge on any atom is -0.329 e. The smallest absolute Gasteiger partial charge is 0.102 e. The summed E-state index contributed by atoms with van der Waals surface area (Å²) in [6, 6.07) is 0. The van der Waals surface area contributed by atoms with Crippen LogP contribution in [0.3, 0.4) is 0 Å². The van der Waals surface area contributed by atoms with Gasteiger partial charge in [-0.05, 0) is 32.1 Å². The van der Waals surface area contributed by atoms with E-state index >= 15 is 0 Å². The predicted octanol–water partition coefficient (Wildman–Crippen LogP) is 2.57. The van der Waals surface area contributed by atoms with Crippen LogP contribution in [-0.4, -0.2) is 36.9 Å². The average Bonchev–Trinajstić information content (AvgIpc) is 2.76. The summed E-state index contributed by atoms with van der Waals surface area (Å²) in [5.74, 6) is 0. The zero-order valence-corrected chi connectivity index (χ0v) is 11.1. The minimum absolute atomic E-state index is 0.401. The van der Waals surface area contributed by atoms with Crippen molar-refractivity contribution in [1.82, 2.24) is 4.90 Å². The highest BCUT2D eigenvalue weighted by molar-refractivity contribution is 5.62. The number of nitrogens with zero attached hydrogens (tertiary/aromatic N) is 2. The molecule has 0 aromatic rings. The summed E-state index contributed by atoms with van der Waals surface area (Å²) in [5, 5.41) is 0. The number of allylic oxidation sites excluding steroid dienone is 2. The second kappa shape index (κ2) is 9.37. The van der Waals surface area contributed by atoms with Crippen molar-refractivity contribution in [2.75, 3.05) is 19.6 Å². The van der Waals surface area contributed by atoms with E-state index in [-0.39, 0.29) is 0 Å². The third-order valence-electron chi connectivity index (χ3n) is 3.14. The molecule has 0 bridgehead atoms. The highest BCUT2D eigenvalue weighted by atomic mass is 15.3. The van der Waals surface area contributed by atoms with Gasteiger partial charge >= 0.3 is 0 Å². The summed E-state index contributed by atoms with van der Waals surface area (Å²) in [5.41, 5.74) is 5.59. The van der Waals surface area contributed by atoms with Gasteiger partial charge in [0.2, 0.25) is 0 Å². The van der Waals surface area contributed by atoms with Gasteiger partial charge in [-0.3, -0.25) is 9.89 Å². The molecule has 98 valence electrons. The molecule has 3 nitrogen and oxygen atoms in total. The van der Waals surface area contributed by atoms with E-state index in [0.717, 1.165) is 19.6 Å². The molecule has 1 unspecified atom stereocenters. The molecule has 0 amide bonds. The van der Waals surface area contributed by atoms with Crippen LogP contribution in [0.15, 0.2) is 17.1 Å². The van der Waals surface area contributed by atoms with Crippen molar-refractivity contribution in [3.05, 3.63) is 12.2 Å². The maximum absolute atomic E-state index is 5.59. The Labute approximate surface area is 106 Å². The molecule has 1 aliphatic heterocycles. The molecule has 2 N–H and O–H groups in total. The highest BCUT2D eigenvalue weighted by Crippen LogP contribution is 2.14. The van der Waals surface area contributed by atoms with Gasteiger partial charge in [0.05, 0.1) is 0 Å². The first kappa shape index (κ1) is 14.4. The summed E-state index contributed by atoms with van der Waals surface area (Å²) in [4.78, 5) is 6.88. The maximum atomic E-state index is 5.59. The molecule has 0 aromatic heterocycles. The molecule has 0 aliphatic carbocycles. The third-order valence-corrected chi connectivity index (χ3v) is 3.14. The van der Waals surface area contributed by atoms with Crippen molar-refractivity contribution in [2.45, 2.75) is 51.6 Å². The number of aliphatic imine (C=N–C) groups is 1. The van der Waals surface area contributed by atoms with Crippen LogP contribution in [0, 0.1) is 0 Å². The predicted molar refractivity (Wildman–Crippen MR) is 75.4 cm³/mol. The molecular formula is C14H27N3. The van der Waals surface area contributed by atoms with Gasteiger partial charge in [-0.25, -0.2) is 0 Å². The second-order valence-corrected chi connectivity index (χ2v) is 4.64. The number of hydrogen-bond donors (Lipinski definition) is 1. The van der Waals surface area contributed by atoms with Crippen LogP contribution >= 0.6 is 0 Å². The third kappa shape index (κ3) is 5.99. The van der Waals surface area contributed by atoms with Crippen molar-refractivity contribution < 1.29 is 0 Å². The van der Waals surface area contributed by atoms with Crippen LogP contribution in [0.4, 0.5) is 0 Å². The Balaban J connectivity index is 2.03. The first-order chi connectivity index (χ1) is 8.38. The molecule has 0 aromatic carbocycles. The van der Waals surface area contributed by atoms with Gasteiger partial charge in [0.1, 0.15) is 6.17 Å². The first-order valence-corrected chi connectivity index (χ1v) is 6.99. The monoisotopic (exact) mass is 237 g/mol. The van der Waals surface area contributed by atoms with Crippen molar-refractivity contribution >= 4 is 6.21 Å². The standard InChI is InChI=1S/C14H27N3/c1-2-3-4-5-6-7-8-9-14-16-11-13-17(14)12-10-15/h4-5,11,14H,2-3,6-10,12-13,15H2,1H3/b5-4+. The largest absolute Gasteiger partial charge is 0.329 e. The van der Waals surface area contributed by atoms with Gasteiger partial charge < -0.3 is 5.73 Å². The molecular weight excluding hydrogens is 210 g/mol. The molecule has 0 saturated heterocycles. The average molecular weight is 237 g/mol. The molecule has 0 fully saturated rings. The first-order valence-electron chi connectivity index (χ1n) is 6.99. The molecule has 0 spiro atoms. The quantitative estimate of drug-likeness (QED) is 0.494. The van der Waals surface area contributed by atoms with Gasteiger partial charge in [-0.2, -0.15) is 0 Å².